The van der Waals surface area contributed by atoms with E-state index in [1.807, 2.05) is 12.1 Å². The van der Waals surface area contributed by atoms with Crippen LogP contribution in [0.4, 0.5) is 11.4 Å². The highest BCUT2D eigenvalue weighted by molar-refractivity contribution is 6.07. The van der Waals surface area contributed by atoms with E-state index < -0.39 is 0 Å². The van der Waals surface area contributed by atoms with Crippen LogP contribution in [0.15, 0.2) is 47.2 Å². The number of rotatable bonds is 3. The molecule has 0 spiro atoms. The Kier molecular flexibility index (Phi) is 3.57. The molecule has 8 nitrogen and oxygen atoms in total. The van der Waals surface area contributed by atoms with Gasteiger partial charge in [-0.2, -0.15) is 0 Å². The minimum atomic E-state index is -0.352. The van der Waals surface area contributed by atoms with E-state index in [4.69, 9.17) is 4.42 Å². The predicted octanol–water partition coefficient (Wildman–Crippen LogP) is 1.86. The average Bonchev–Trinajstić information content (AvgIpc) is 3.34. The second-order valence-corrected chi connectivity index (χ2v) is 5.76. The molecule has 25 heavy (non-hydrogen) atoms. The highest BCUT2D eigenvalue weighted by Crippen LogP contribution is 2.32. The Morgan fingerprint density at radius 2 is 2.16 bits per heavy atom. The minimum absolute atomic E-state index is 0.193. The van der Waals surface area contributed by atoms with Gasteiger partial charge in [-0.25, -0.2) is 0 Å². The molecule has 2 amide bonds. The van der Waals surface area contributed by atoms with Crippen LogP contribution in [-0.4, -0.2) is 33.4 Å². The molecule has 1 aromatic carbocycles. The van der Waals surface area contributed by atoms with Crippen molar-refractivity contribution in [3.05, 3.63) is 59.8 Å². The van der Waals surface area contributed by atoms with Crippen LogP contribution in [-0.2, 0) is 13.5 Å². The molecule has 1 aliphatic heterocycles. The quantitative estimate of drug-likeness (QED) is 0.787. The van der Waals surface area contributed by atoms with Crippen molar-refractivity contribution in [3.63, 3.8) is 0 Å². The molecular formula is C17H15N5O3. The summed E-state index contributed by atoms with van der Waals surface area (Å²) in [5.74, 6) is -0.252. The molecule has 126 valence electrons. The fraction of sp³-hybridized carbons (Fsp3) is 0.176. The van der Waals surface area contributed by atoms with E-state index in [2.05, 4.69) is 15.6 Å². The number of aryl methyl sites for hydroxylation is 1. The number of carbonyl (C=O) groups is 2. The molecular weight excluding hydrogens is 322 g/mol. The molecule has 0 saturated heterocycles. The van der Waals surface area contributed by atoms with Gasteiger partial charge in [0.15, 0.2) is 11.5 Å². The lowest BCUT2D eigenvalue weighted by Crippen LogP contribution is -2.28. The number of aromatic nitrogens is 3. The van der Waals surface area contributed by atoms with Crippen LogP contribution in [0.25, 0.3) is 0 Å². The van der Waals surface area contributed by atoms with Gasteiger partial charge in [0.25, 0.3) is 11.8 Å². The predicted molar refractivity (Wildman–Crippen MR) is 89.5 cm³/mol. The molecule has 0 unspecified atom stereocenters. The lowest BCUT2D eigenvalue weighted by molar-refractivity contribution is 0.0962. The summed E-state index contributed by atoms with van der Waals surface area (Å²) in [5.41, 5.74) is 2.65. The number of nitrogens with one attached hydrogen (secondary N) is 1. The number of anilines is 2. The highest BCUT2D eigenvalue weighted by Gasteiger charge is 2.27. The van der Waals surface area contributed by atoms with Crippen molar-refractivity contribution in [2.24, 2.45) is 7.05 Å². The molecule has 4 rings (SSSR count). The Balaban J connectivity index is 1.58. The zero-order valence-corrected chi connectivity index (χ0v) is 13.5. The molecule has 3 aromatic rings. The van der Waals surface area contributed by atoms with Crippen molar-refractivity contribution in [1.29, 1.82) is 0 Å². The van der Waals surface area contributed by atoms with Crippen molar-refractivity contribution in [3.8, 4) is 0 Å². The third-order valence-electron chi connectivity index (χ3n) is 4.05. The first kappa shape index (κ1) is 15.1. The van der Waals surface area contributed by atoms with Crippen molar-refractivity contribution < 1.29 is 14.0 Å². The van der Waals surface area contributed by atoms with Crippen molar-refractivity contribution >= 4 is 23.2 Å². The SMILES string of the molecule is Cn1cc(C(=O)Nc2ccc3c(c2)N(C(=O)c2ccco2)CC3)nn1. The van der Waals surface area contributed by atoms with Crippen molar-refractivity contribution in [1.82, 2.24) is 15.0 Å². The molecule has 0 atom stereocenters. The van der Waals surface area contributed by atoms with Crippen LogP contribution in [0.2, 0.25) is 0 Å². The number of hydrogen-bond acceptors (Lipinski definition) is 5. The van der Waals surface area contributed by atoms with Crippen LogP contribution in [0.3, 0.4) is 0 Å². The fourth-order valence-corrected chi connectivity index (χ4v) is 2.85. The summed E-state index contributed by atoms with van der Waals surface area (Å²) in [7, 11) is 1.69. The van der Waals surface area contributed by atoms with Crippen LogP contribution >= 0.6 is 0 Å². The van der Waals surface area contributed by atoms with Gasteiger partial charge in [-0.3, -0.25) is 14.3 Å². The lowest BCUT2D eigenvalue weighted by Gasteiger charge is -2.16. The van der Waals surface area contributed by atoms with Crippen LogP contribution in [0.5, 0.6) is 0 Å². The van der Waals surface area contributed by atoms with Crippen molar-refractivity contribution in [2.75, 3.05) is 16.8 Å². The topological polar surface area (TPSA) is 93.3 Å². The van der Waals surface area contributed by atoms with E-state index in [9.17, 15) is 9.59 Å². The molecule has 0 bridgehead atoms. The Bertz CT molecular complexity index is 945. The van der Waals surface area contributed by atoms with Crippen LogP contribution in [0, 0.1) is 0 Å². The smallest absolute Gasteiger partial charge is 0.293 e. The van der Waals surface area contributed by atoms with Gasteiger partial charge in [0.05, 0.1) is 12.5 Å². The summed E-state index contributed by atoms with van der Waals surface area (Å²) in [6.45, 7) is 0.580. The monoisotopic (exact) mass is 337 g/mol. The molecule has 2 aromatic heterocycles. The van der Waals surface area contributed by atoms with Crippen LogP contribution < -0.4 is 10.2 Å². The Morgan fingerprint density at radius 1 is 1.28 bits per heavy atom. The van der Waals surface area contributed by atoms with Gasteiger partial charge in [0.2, 0.25) is 0 Å². The van der Waals surface area contributed by atoms with Gasteiger partial charge in [-0.05, 0) is 36.2 Å². The second-order valence-electron chi connectivity index (χ2n) is 5.76. The zero-order valence-electron chi connectivity index (χ0n) is 13.5. The molecule has 0 saturated carbocycles. The van der Waals surface area contributed by atoms with E-state index >= 15 is 0 Å². The average molecular weight is 337 g/mol. The molecule has 0 fully saturated rings. The van der Waals surface area contributed by atoms with Gasteiger partial charge in [0, 0.05) is 25.0 Å². The fourth-order valence-electron chi connectivity index (χ4n) is 2.85. The lowest BCUT2D eigenvalue weighted by atomic mass is 10.1. The molecule has 8 heteroatoms. The normalized spacial score (nSPS) is 12.9. The van der Waals surface area contributed by atoms with Gasteiger partial charge in [0.1, 0.15) is 0 Å². The Hall–Kier alpha value is -3.42. The van der Waals surface area contributed by atoms with Gasteiger partial charge in [-0.15, -0.1) is 5.10 Å². The van der Waals surface area contributed by atoms with E-state index in [-0.39, 0.29) is 17.5 Å². The standard InChI is InChI=1S/C17H15N5O3/c1-21-10-13(19-20-21)16(23)18-12-5-4-11-6-7-22(14(11)9-12)17(24)15-3-2-8-25-15/h2-5,8-10H,6-7H2,1H3,(H,18,23). The summed E-state index contributed by atoms with van der Waals surface area (Å²) in [4.78, 5) is 26.4. The van der Waals surface area contributed by atoms with Gasteiger partial charge in [-0.1, -0.05) is 11.3 Å². The van der Waals surface area contributed by atoms with E-state index in [1.54, 1.807) is 30.1 Å². The highest BCUT2D eigenvalue weighted by atomic mass is 16.3. The van der Waals surface area contributed by atoms with Crippen LogP contribution in [0.1, 0.15) is 26.6 Å². The number of fused-ring (bicyclic) bond motifs is 1. The zero-order chi connectivity index (χ0) is 17.4. The first-order chi connectivity index (χ1) is 12.1. The largest absolute Gasteiger partial charge is 0.459 e. The summed E-state index contributed by atoms with van der Waals surface area (Å²) < 4.78 is 6.66. The van der Waals surface area contributed by atoms with Crippen molar-refractivity contribution in [2.45, 2.75) is 6.42 Å². The molecule has 0 aliphatic carbocycles. The number of carbonyl (C=O) groups excluding carboxylic acids is 2. The molecule has 1 aliphatic rings. The van der Waals surface area contributed by atoms with Gasteiger partial charge < -0.3 is 14.6 Å². The molecule has 1 N–H and O–H groups in total. The maximum absolute atomic E-state index is 12.6. The summed E-state index contributed by atoms with van der Waals surface area (Å²) in [6.07, 6.45) is 3.78. The van der Waals surface area contributed by atoms with E-state index in [0.29, 0.717) is 18.0 Å². The number of amides is 2. The van der Waals surface area contributed by atoms with Gasteiger partial charge >= 0.3 is 0 Å². The number of hydrogen-bond donors (Lipinski definition) is 1. The second kappa shape index (κ2) is 5.90. The Morgan fingerprint density at radius 3 is 2.88 bits per heavy atom. The maximum Gasteiger partial charge on any atom is 0.293 e. The number of benzene rings is 1. The summed E-state index contributed by atoms with van der Waals surface area (Å²) in [6, 6.07) is 8.84. The third kappa shape index (κ3) is 2.78. The third-order valence-corrected chi connectivity index (χ3v) is 4.05. The first-order valence-electron chi connectivity index (χ1n) is 7.78. The minimum Gasteiger partial charge on any atom is -0.459 e. The van der Waals surface area contributed by atoms with E-state index in [1.165, 1.54) is 17.1 Å². The number of nitrogens with zero attached hydrogens (tertiary/aromatic N) is 4. The maximum atomic E-state index is 12.6. The first-order valence-corrected chi connectivity index (χ1v) is 7.78. The molecule has 0 radical (unpaired) electrons. The summed E-state index contributed by atoms with van der Waals surface area (Å²) in [5, 5.41) is 10.3. The Labute approximate surface area is 143 Å². The number of furan rings is 1. The molecule has 3 heterocycles. The van der Waals surface area contributed by atoms with E-state index in [0.717, 1.165) is 17.7 Å². The summed E-state index contributed by atoms with van der Waals surface area (Å²) >= 11 is 0.